The van der Waals surface area contributed by atoms with Crippen LogP contribution in [0.3, 0.4) is 0 Å². The Labute approximate surface area is 155 Å². The van der Waals surface area contributed by atoms with Crippen LogP contribution in [-0.2, 0) is 16.5 Å². The molecule has 8 heteroatoms. The number of hydrogen-bond donors (Lipinski definition) is 2. The molecule has 0 aliphatic carbocycles. The third kappa shape index (κ3) is 3.55. The monoisotopic (exact) mass is 390 g/mol. The van der Waals surface area contributed by atoms with E-state index in [0.717, 1.165) is 11.5 Å². The van der Waals surface area contributed by atoms with Crippen molar-refractivity contribution in [3.8, 4) is 5.75 Å². The van der Waals surface area contributed by atoms with Gasteiger partial charge in [0, 0.05) is 10.4 Å². The quantitative estimate of drug-likeness (QED) is 0.458. The summed E-state index contributed by atoms with van der Waals surface area (Å²) in [6, 6.07) is 13.1. The van der Waals surface area contributed by atoms with Gasteiger partial charge in [-0.05, 0) is 35.6 Å². The summed E-state index contributed by atoms with van der Waals surface area (Å²) in [4.78, 5) is -0.442. The molecule has 0 amide bonds. The van der Waals surface area contributed by atoms with Gasteiger partial charge in [-0.15, -0.1) is 10.2 Å². The predicted molar refractivity (Wildman–Crippen MR) is 100 cm³/mol. The summed E-state index contributed by atoms with van der Waals surface area (Å²) in [6.07, 6.45) is 0.548. The van der Waals surface area contributed by atoms with Gasteiger partial charge in [-0.25, -0.2) is 0 Å². The zero-order valence-corrected chi connectivity index (χ0v) is 15.3. The highest BCUT2D eigenvalue weighted by Crippen LogP contribution is 2.37. The average molecular weight is 391 g/mol. The van der Waals surface area contributed by atoms with Gasteiger partial charge >= 0.3 is 0 Å². The zero-order valence-electron chi connectivity index (χ0n) is 13.7. The van der Waals surface area contributed by atoms with Gasteiger partial charge in [-0.3, -0.25) is 4.55 Å². The zero-order chi connectivity index (χ0) is 18.9. The third-order valence-corrected chi connectivity index (χ3v) is 5.16. The van der Waals surface area contributed by atoms with E-state index in [9.17, 15) is 18.1 Å². The first-order valence-corrected chi connectivity index (χ1v) is 9.55. The first-order valence-electron chi connectivity index (χ1n) is 7.73. The standard InChI is InChI=1S/C18H15ClN2O4S/c1-2-11-9-15(17(10-14(11)19)26(23,24)25)20-21-18-13-6-4-3-5-12(13)7-8-16(18)22/h3-10,22H,2H2,1H3,(H,23,24,25). The van der Waals surface area contributed by atoms with Crippen molar-refractivity contribution in [1.82, 2.24) is 0 Å². The lowest BCUT2D eigenvalue weighted by Crippen LogP contribution is -1.99. The second-order valence-electron chi connectivity index (χ2n) is 5.59. The largest absolute Gasteiger partial charge is 0.506 e. The number of halogens is 1. The second-order valence-corrected chi connectivity index (χ2v) is 7.39. The van der Waals surface area contributed by atoms with Crippen LogP contribution in [0.4, 0.5) is 11.4 Å². The molecule has 134 valence electrons. The summed E-state index contributed by atoms with van der Waals surface area (Å²) in [6.45, 7) is 1.85. The summed E-state index contributed by atoms with van der Waals surface area (Å²) < 4.78 is 32.7. The van der Waals surface area contributed by atoms with Crippen LogP contribution in [0.1, 0.15) is 12.5 Å². The van der Waals surface area contributed by atoms with Crippen LogP contribution in [0.5, 0.6) is 5.75 Å². The van der Waals surface area contributed by atoms with Crippen LogP contribution in [0.15, 0.2) is 63.7 Å². The molecule has 0 unspecified atom stereocenters. The first-order chi connectivity index (χ1) is 12.3. The van der Waals surface area contributed by atoms with Crippen molar-refractivity contribution in [1.29, 1.82) is 0 Å². The average Bonchev–Trinajstić information content (AvgIpc) is 2.60. The molecule has 6 nitrogen and oxygen atoms in total. The number of azo groups is 1. The highest BCUT2D eigenvalue weighted by atomic mass is 35.5. The molecule has 0 aromatic heterocycles. The Balaban J connectivity index is 2.19. The molecule has 0 saturated heterocycles. The maximum absolute atomic E-state index is 11.6. The Morgan fingerprint density at radius 1 is 1.08 bits per heavy atom. The number of hydrogen-bond acceptors (Lipinski definition) is 5. The molecule has 3 aromatic carbocycles. The van der Waals surface area contributed by atoms with E-state index >= 15 is 0 Å². The number of phenolic OH excluding ortho intramolecular Hbond substituents is 1. The molecular weight excluding hydrogens is 376 g/mol. The normalized spacial score (nSPS) is 12.1. The molecule has 0 aliphatic rings. The Morgan fingerprint density at radius 2 is 1.81 bits per heavy atom. The summed E-state index contributed by atoms with van der Waals surface area (Å²) in [5, 5.41) is 19.9. The highest BCUT2D eigenvalue weighted by Gasteiger charge is 2.18. The van der Waals surface area contributed by atoms with Crippen LogP contribution in [0, 0.1) is 0 Å². The van der Waals surface area contributed by atoms with Crippen molar-refractivity contribution in [3.05, 3.63) is 59.1 Å². The summed E-state index contributed by atoms with van der Waals surface area (Å²) in [7, 11) is -4.54. The fourth-order valence-corrected chi connectivity index (χ4v) is 3.59. The molecular formula is C18H15ClN2O4S. The van der Waals surface area contributed by atoms with Crippen molar-refractivity contribution in [2.75, 3.05) is 0 Å². The van der Waals surface area contributed by atoms with Crippen LogP contribution in [-0.4, -0.2) is 18.1 Å². The van der Waals surface area contributed by atoms with E-state index in [2.05, 4.69) is 10.2 Å². The molecule has 0 atom stereocenters. The van der Waals surface area contributed by atoms with Crippen molar-refractivity contribution >= 4 is 43.9 Å². The number of fused-ring (bicyclic) bond motifs is 1. The van der Waals surface area contributed by atoms with Crippen LogP contribution < -0.4 is 0 Å². The summed E-state index contributed by atoms with van der Waals surface area (Å²) in [5.41, 5.74) is 0.814. The van der Waals surface area contributed by atoms with Gasteiger partial charge in [0.15, 0.2) is 0 Å². The Hall–Kier alpha value is -2.48. The maximum atomic E-state index is 11.6. The fraction of sp³-hybridized carbons (Fsp3) is 0.111. The highest BCUT2D eigenvalue weighted by molar-refractivity contribution is 7.86. The van der Waals surface area contributed by atoms with Gasteiger partial charge in [-0.1, -0.05) is 48.9 Å². The minimum Gasteiger partial charge on any atom is -0.506 e. The van der Waals surface area contributed by atoms with E-state index < -0.39 is 15.0 Å². The second kappa shape index (κ2) is 7.03. The lowest BCUT2D eigenvalue weighted by Gasteiger charge is -2.08. The van der Waals surface area contributed by atoms with E-state index in [1.165, 1.54) is 12.1 Å². The number of nitrogens with zero attached hydrogens (tertiary/aromatic N) is 2. The number of aryl methyl sites for hydroxylation is 1. The van der Waals surface area contributed by atoms with Gasteiger partial charge in [0.1, 0.15) is 22.0 Å². The Bertz CT molecular complexity index is 1130. The topological polar surface area (TPSA) is 99.3 Å². The number of benzene rings is 3. The van der Waals surface area contributed by atoms with E-state index in [1.807, 2.05) is 19.1 Å². The van der Waals surface area contributed by atoms with E-state index in [1.54, 1.807) is 18.2 Å². The molecule has 3 aromatic rings. The fourth-order valence-electron chi connectivity index (χ4n) is 2.60. The van der Waals surface area contributed by atoms with Crippen molar-refractivity contribution in [3.63, 3.8) is 0 Å². The summed E-state index contributed by atoms with van der Waals surface area (Å²) in [5.74, 6) is -0.0921. The van der Waals surface area contributed by atoms with Crippen molar-refractivity contribution < 1.29 is 18.1 Å². The van der Waals surface area contributed by atoms with Crippen LogP contribution in [0.25, 0.3) is 10.8 Å². The Morgan fingerprint density at radius 3 is 2.50 bits per heavy atom. The molecule has 2 N–H and O–H groups in total. The Kier molecular flexibility index (Phi) is 4.95. The molecule has 26 heavy (non-hydrogen) atoms. The molecule has 0 bridgehead atoms. The number of phenols is 1. The minimum absolute atomic E-state index is 0.0546. The van der Waals surface area contributed by atoms with Crippen LogP contribution in [0.2, 0.25) is 5.02 Å². The third-order valence-electron chi connectivity index (χ3n) is 3.92. The van der Waals surface area contributed by atoms with Crippen LogP contribution >= 0.6 is 11.6 Å². The molecule has 0 heterocycles. The van der Waals surface area contributed by atoms with Gasteiger partial charge < -0.3 is 5.11 Å². The lowest BCUT2D eigenvalue weighted by molar-refractivity contribution is 0.477. The molecule has 0 spiro atoms. The SMILES string of the molecule is CCc1cc(N=Nc2c(O)ccc3ccccc23)c(S(=O)(=O)O)cc1Cl. The van der Waals surface area contributed by atoms with Gasteiger partial charge in [-0.2, -0.15) is 8.42 Å². The maximum Gasteiger partial charge on any atom is 0.296 e. The van der Waals surface area contributed by atoms with Gasteiger partial charge in [0.2, 0.25) is 0 Å². The smallest absolute Gasteiger partial charge is 0.296 e. The van der Waals surface area contributed by atoms with Crippen molar-refractivity contribution in [2.45, 2.75) is 18.2 Å². The molecule has 3 rings (SSSR count). The molecule has 0 saturated carbocycles. The van der Waals surface area contributed by atoms with Gasteiger partial charge in [0.05, 0.1) is 0 Å². The molecule has 0 radical (unpaired) electrons. The van der Waals surface area contributed by atoms with E-state index in [-0.39, 0.29) is 22.1 Å². The number of aromatic hydroxyl groups is 1. The predicted octanol–water partition coefficient (Wildman–Crippen LogP) is 5.42. The number of rotatable bonds is 4. The summed E-state index contributed by atoms with van der Waals surface area (Å²) >= 11 is 6.04. The van der Waals surface area contributed by atoms with Crippen molar-refractivity contribution in [2.24, 2.45) is 10.2 Å². The molecule has 0 fully saturated rings. The van der Waals surface area contributed by atoms with Gasteiger partial charge in [0.25, 0.3) is 10.1 Å². The molecule has 0 aliphatic heterocycles. The van der Waals surface area contributed by atoms with E-state index in [0.29, 0.717) is 17.4 Å². The first kappa shape index (κ1) is 18.3. The minimum atomic E-state index is -4.54. The van der Waals surface area contributed by atoms with E-state index in [4.69, 9.17) is 11.6 Å². The lowest BCUT2D eigenvalue weighted by atomic mass is 10.1.